The first-order valence-electron chi connectivity index (χ1n) is 6.94. The molecule has 1 unspecified atom stereocenters. The van der Waals surface area contributed by atoms with E-state index in [1.807, 2.05) is 49.3 Å². The highest BCUT2D eigenvalue weighted by Crippen LogP contribution is 2.32. The van der Waals surface area contributed by atoms with Crippen molar-refractivity contribution >= 4 is 28.9 Å². The van der Waals surface area contributed by atoms with E-state index >= 15 is 0 Å². The van der Waals surface area contributed by atoms with Gasteiger partial charge in [0.15, 0.2) is 9.84 Å². The molecule has 0 N–H and O–H groups in total. The van der Waals surface area contributed by atoms with Crippen LogP contribution in [0.3, 0.4) is 0 Å². The molecular formula is C18H17NO3S. The van der Waals surface area contributed by atoms with Gasteiger partial charge in [0.05, 0.1) is 4.90 Å². The summed E-state index contributed by atoms with van der Waals surface area (Å²) in [6, 6.07) is 15.1. The lowest BCUT2D eigenvalue weighted by Gasteiger charge is -2.17. The number of nitrogens with zero attached hydrogens (tertiary/aromatic N) is 1. The van der Waals surface area contributed by atoms with Gasteiger partial charge < -0.3 is 4.79 Å². The Morgan fingerprint density at radius 3 is 2.26 bits per heavy atom. The summed E-state index contributed by atoms with van der Waals surface area (Å²) in [5, 5.41) is 0. The van der Waals surface area contributed by atoms with Crippen LogP contribution in [-0.4, -0.2) is 27.7 Å². The molecule has 0 spiro atoms. The molecule has 0 amide bonds. The summed E-state index contributed by atoms with van der Waals surface area (Å²) in [6.45, 7) is 2.00. The number of aliphatic imine (C=N–C) groups is 1. The zero-order chi connectivity index (χ0) is 16.9. The second-order valence-electron chi connectivity index (χ2n) is 5.03. The van der Waals surface area contributed by atoms with Crippen LogP contribution in [0.4, 0.5) is 0 Å². The van der Waals surface area contributed by atoms with Gasteiger partial charge in [-0.3, -0.25) is 4.99 Å². The van der Waals surface area contributed by atoms with Crippen molar-refractivity contribution < 1.29 is 13.2 Å². The highest BCUT2D eigenvalue weighted by molar-refractivity contribution is 7.90. The fourth-order valence-corrected chi connectivity index (χ4v) is 3.56. The van der Waals surface area contributed by atoms with Crippen LogP contribution in [0.15, 0.2) is 64.6 Å². The molecule has 0 aliphatic carbocycles. The van der Waals surface area contributed by atoms with Crippen molar-refractivity contribution in [3.63, 3.8) is 0 Å². The summed E-state index contributed by atoms with van der Waals surface area (Å²) < 4.78 is 24.1. The van der Waals surface area contributed by atoms with E-state index in [1.165, 1.54) is 6.26 Å². The second kappa shape index (κ2) is 7.15. The molecule has 1 heterocycles. The number of carbonyl (C=O) groups excluding carboxylic acids is 1. The van der Waals surface area contributed by atoms with E-state index in [1.54, 1.807) is 24.5 Å². The summed E-state index contributed by atoms with van der Waals surface area (Å²) in [5.74, 6) is -0.165. The van der Waals surface area contributed by atoms with E-state index < -0.39 is 9.84 Å². The van der Waals surface area contributed by atoms with E-state index in [-0.39, 0.29) is 5.92 Å². The molecule has 1 aliphatic heterocycles. The summed E-state index contributed by atoms with van der Waals surface area (Å²) >= 11 is 0. The van der Waals surface area contributed by atoms with Crippen LogP contribution in [0.1, 0.15) is 22.6 Å². The average Bonchev–Trinajstić information content (AvgIpc) is 2.78. The van der Waals surface area contributed by atoms with Crippen LogP contribution in [0, 0.1) is 0 Å². The van der Waals surface area contributed by atoms with Gasteiger partial charge in [-0.25, -0.2) is 8.42 Å². The fraction of sp³-hybridized carbons (Fsp3) is 0.111. The molecule has 2 aromatic rings. The van der Waals surface area contributed by atoms with Crippen molar-refractivity contribution in [1.82, 2.24) is 0 Å². The Bertz CT molecular complexity index is 854. The summed E-state index contributed by atoms with van der Waals surface area (Å²) in [6.07, 6.45) is 6.72. The largest absolute Gasteiger partial charge is 0.307 e. The van der Waals surface area contributed by atoms with Gasteiger partial charge >= 0.3 is 0 Å². The lowest BCUT2D eigenvalue weighted by atomic mass is 9.89. The van der Waals surface area contributed by atoms with Crippen LogP contribution in [0.2, 0.25) is 0 Å². The Labute approximate surface area is 136 Å². The molecule has 23 heavy (non-hydrogen) atoms. The number of carbonyl (C=O) groups is 1. The summed E-state index contributed by atoms with van der Waals surface area (Å²) in [5.41, 5.74) is 2.88. The minimum absolute atomic E-state index is 0.165. The maximum absolute atomic E-state index is 12.0. The zero-order valence-electron chi connectivity index (χ0n) is 12.7. The highest BCUT2D eigenvalue weighted by Gasteiger charge is 2.22. The number of benzene rings is 2. The Morgan fingerprint density at radius 2 is 1.57 bits per heavy atom. The van der Waals surface area contributed by atoms with E-state index in [4.69, 9.17) is 4.79 Å². The van der Waals surface area contributed by atoms with Gasteiger partial charge in [0.1, 0.15) is 6.79 Å². The van der Waals surface area contributed by atoms with Gasteiger partial charge in [0, 0.05) is 24.6 Å². The van der Waals surface area contributed by atoms with Crippen molar-refractivity contribution in [2.24, 2.45) is 4.99 Å². The molecule has 5 heteroatoms. The van der Waals surface area contributed by atoms with Crippen molar-refractivity contribution in [2.75, 3.05) is 6.26 Å². The maximum Gasteiger partial charge on any atom is 0.175 e. The number of sulfone groups is 1. The molecule has 1 aliphatic rings. The molecule has 0 saturated carbocycles. The van der Waals surface area contributed by atoms with Gasteiger partial charge in [-0.1, -0.05) is 42.5 Å². The topological polar surface area (TPSA) is 63.6 Å². The molecular weight excluding hydrogens is 310 g/mol. The van der Waals surface area contributed by atoms with Gasteiger partial charge in [0.25, 0.3) is 0 Å². The Balaban J connectivity index is 0.000000924. The zero-order valence-corrected chi connectivity index (χ0v) is 13.5. The van der Waals surface area contributed by atoms with Crippen LogP contribution < -0.4 is 0 Å². The average molecular weight is 327 g/mol. The molecule has 3 rings (SSSR count). The summed E-state index contributed by atoms with van der Waals surface area (Å²) in [7, 11) is -3.28. The quantitative estimate of drug-likeness (QED) is 0.851. The third kappa shape index (κ3) is 3.63. The number of rotatable bonds is 2. The number of hydrogen-bond acceptors (Lipinski definition) is 4. The minimum Gasteiger partial charge on any atom is -0.307 e. The normalized spacial score (nSPS) is 16.0. The molecule has 0 fully saturated rings. The van der Waals surface area contributed by atoms with Gasteiger partial charge in [0.2, 0.25) is 0 Å². The minimum atomic E-state index is -3.28. The lowest BCUT2D eigenvalue weighted by Crippen LogP contribution is -2.10. The van der Waals surface area contributed by atoms with Crippen molar-refractivity contribution in [2.45, 2.75) is 10.8 Å². The van der Waals surface area contributed by atoms with E-state index in [9.17, 15) is 8.42 Å². The predicted octanol–water partition coefficient (Wildman–Crippen LogP) is 3.09. The van der Waals surface area contributed by atoms with Crippen LogP contribution in [-0.2, 0) is 14.6 Å². The molecule has 0 bridgehead atoms. The lowest BCUT2D eigenvalue weighted by molar-refractivity contribution is -0.0979. The summed E-state index contributed by atoms with van der Waals surface area (Å²) in [4.78, 5) is 12.6. The van der Waals surface area contributed by atoms with Crippen LogP contribution >= 0.6 is 0 Å². The molecule has 118 valence electrons. The first-order chi connectivity index (χ1) is 11.1. The number of fused-ring (bicyclic) bond motifs is 1. The van der Waals surface area contributed by atoms with Gasteiger partial charge in [-0.15, -0.1) is 0 Å². The molecule has 0 radical (unpaired) electrons. The molecule has 0 saturated heterocycles. The number of hydrogen-bond donors (Lipinski definition) is 0. The Kier molecular flexibility index (Phi) is 5.24. The third-order valence-corrected chi connectivity index (χ3v) is 4.73. The molecule has 1 atom stereocenters. The highest BCUT2D eigenvalue weighted by atomic mass is 32.2. The van der Waals surface area contributed by atoms with Gasteiger partial charge in [-0.05, 0) is 28.8 Å². The maximum atomic E-state index is 12.0. The van der Waals surface area contributed by atoms with E-state index in [0.29, 0.717) is 4.90 Å². The Morgan fingerprint density at radius 1 is 0.957 bits per heavy atom. The van der Waals surface area contributed by atoms with Crippen LogP contribution in [0.25, 0.3) is 6.08 Å². The molecule has 0 aromatic heterocycles. The van der Waals surface area contributed by atoms with E-state index in [2.05, 4.69) is 4.99 Å². The first-order valence-corrected chi connectivity index (χ1v) is 8.83. The monoisotopic (exact) mass is 327 g/mol. The standard InChI is InChI=1S/C17H15NO2S.CH2O/c1-21(19,20)17-9-5-4-8-15(17)16-12-18-11-10-13-6-2-3-7-14(13)16;1-2/h2-12,16H,1H3;1H2. The van der Waals surface area contributed by atoms with Crippen molar-refractivity contribution in [3.05, 3.63) is 71.4 Å². The fourth-order valence-electron chi connectivity index (χ4n) is 2.61. The molecule has 2 aromatic carbocycles. The van der Waals surface area contributed by atoms with E-state index in [0.717, 1.165) is 16.7 Å². The van der Waals surface area contributed by atoms with Crippen LogP contribution in [0.5, 0.6) is 0 Å². The predicted molar refractivity (Wildman–Crippen MR) is 92.5 cm³/mol. The first kappa shape index (κ1) is 16.8. The third-order valence-electron chi connectivity index (χ3n) is 3.56. The SMILES string of the molecule is C=O.CS(=O)(=O)c1ccccc1C1C=NC=Cc2ccccc21. The second-order valence-corrected chi connectivity index (χ2v) is 7.01. The van der Waals surface area contributed by atoms with Crippen molar-refractivity contribution in [1.29, 1.82) is 0 Å². The smallest absolute Gasteiger partial charge is 0.175 e. The Hall–Kier alpha value is -2.53. The molecule has 4 nitrogen and oxygen atoms in total. The van der Waals surface area contributed by atoms with Crippen molar-refractivity contribution in [3.8, 4) is 0 Å². The van der Waals surface area contributed by atoms with Gasteiger partial charge in [-0.2, -0.15) is 0 Å².